The Morgan fingerprint density at radius 2 is 1.47 bits per heavy atom. The van der Waals surface area contributed by atoms with Gasteiger partial charge >= 0.3 is 0 Å². The molecular weight excluding hydrogens is 182 g/mol. The normalized spacial score (nSPS) is 10.9. The Bertz CT molecular complexity index is 230. The Kier molecular flexibility index (Phi) is 11.6. The van der Waals surface area contributed by atoms with Gasteiger partial charge in [-0.15, -0.1) is 6.58 Å². The summed E-state index contributed by atoms with van der Waals surface area (Å²) in [6, 6.07) is 2.13. The van der Waals surface area contributed by atoms with Crippen molar-refractivity contribution in [2.24, 2.45) is 0 Å². The van der Waals surface area contributed by atoms with E-state index in [9.17, 15) is 0 Å². The van der Waals surface area contributed by atoms with E-state index in [-0.39, 0.29) is 0 Å². The Morgan fingerprint density at radius 3 is 2.07 bits per heavy atom. The summed E-state index contributed by atoms with van der Waals surface area (Å²) in [5.74, 6) is 0. The summed E-state index contributed by atoms with van der Waals surface area (Å²) in [6.07, 6.45) is 17.9. The van der Waals surface area contributed by atoms with E-state index in [1.54, 1.807) is 0 Å². The first-order valence-corrected chi connectivity index (χ1v) is 5.69. The van der Waals surface area contributed by atoms with Gasteiger partial charge in [-0.05, 0) is 38.5 Å². The lowest BCUT2D eigenvalue weighted by Crippen LogP contribution is -1.70. The highest BCUT2D eigenvalue weighted by Gasteiger charge is 1.80. The largest absolute Gasteiger partial charge is 0.198 e. The van der Waals surface area contributed by atoms with Crippen LogP contribution in [-0.2, 0) is 0 Å². The van der Waals surface area contributed by atoms with Crippen LogP contribution in [0, 0.1) is 11.3 Å². The highest BCUT2D eigenvalue weighted by Crippen LogP contribution is 2.00. The third-order valence-electron chi connectivity index (χ3n) is 2.04. The van der Waals surface area contributed by atoms with Crippen molar-refractivity contribution in [2.45, 2.75) is 44.9 Å². The Balaban J connectivity index is 3.19. The standard InChI is InChI=1S/C14H21N/c1-2-3-4-5-6-7-8-9-10-11-12-13-14-15/h2,6-7,10-11H,1,3-5,8-9,12-13H2/b7-6+,11-10+. The number of rotatable bonds is 9. The van der Waals surface area contributed by atoms with Crippen molar-refractivity contribution < 1.29 is 0 Å². The minimum atomic E-state index is 0.633. The molecule has 1 heteroatoms. The van der Waals surface area contributed by atoms with Crippen LogP contribution in [0.3, 0.4) is 0 Å². The second-order valence-electron chi connectivity index (χ2n) is 3.44. The van der Waals surface area contributed by atoms with Crippen molar-refractivity contribution in [1.82, 2.24) is 0 Å². The van der Waals surface area contributed by atoms with Gasteiger partial charge in [0.2, 0.25) is 0 Å². The van der Waals surface area contributed by atoms with Gasteiger partial charge in [0.05, 0.1) is 6.07 Å². The summed E-state index contributed by atoms with van der Waals surface area (Å²) < 4.78 is 0. The Morgan fingerprint density at radius 1 is 0.867 bits per heavy atom. The molecule has 82 valence electrons. The lowest BCUT2D eigenvalue weighted by atomic mass is 10.2. The minimum absolute atomic E-state index is 0.633. The monoisotopic (exact) mass is 203 g/mol. The first-order chi connectivity index (χ1) is 7.41. The smallest absolute Gasteiger partial charge is 0.0624 e. The van der Waals surface area contributed by atoms with Crippen molar-refractivity contribution >= 4 is 0 Å². The van der Waals surface area contributed by atoms with Crippen molar-refractivity contribution in [3.63, 3.8) is 0 Å². The fourth-order valence-electron chi connectivity index (χ4n) is 1.19. The van der Waals surface area contributed by atoms with Crippen molar-refractivity contribution in [2.75, 3.05) is 0 Å². The molecular formula is C14H21N. The molecule has 0 N–H and O–H groups in total. The lowest BCUT2D eigenvalue weighted by molar-refractivity contribution is 0.864. The van der Waals surface area contributed by atoms with Crippen LogP contribution in [0.25, 0.3) is 0 Å². The quantitative estimate of drug-likeness (QED) is 0.398. The predicted octanol–water partition coefficient (Wildman–Crippen LogP) is 4.54. The van der Waals surface area contributed by atoms with Gasteiger partial charge < -0.3 is 0 Å². The zero-order valence-electron chi connectivity index (χ0n) is 9.49. The second kappa shape index (κ2) is 12.7. The van der Waals surface area contributed by atoms with Gasteiger partial charge in [0, 0.05) is 6.42 Å². The topological polar surface area (TPSA) is 23.8 Å². The molecule has 1 nitrogen and oxygen atoms in total. The van der Waals surface area contributed by atoms with Crippen LogP contribution in [0.1, 0.15) is 44.9 Å². The molecule has 0 atom stereocenters. The predicted molar refractivity (Wildman–Crippen MR) is 66.4 cm³/mol. The summed E-state index contributed by atoms with van der Waals surface area (Å²) in [5, 5.41) is 8.31. The Hall–Kier alpha value is -1.29. The van der Waals surface area contributed by atoms with E-state index < -0.39 is 0 Å². The van der Waals surface area contributed by atoms with E-state index in [4.69, 9.17) is 5.26 Å². The molecule has 0 unspecified atom stereocenters. The maximum atomic E-state index is 8.31. The molecule has 0 aliphatic heterocycles. The molecule has 0 aliphatic carbocycles. The van der Waals surface area contributed by atoms with E-state index in [0.717, 1.165) is 32.1 Å². The molecule has 0 rings (SSSR count). The van der Waals surface area contributed by atoms with Gasteiger partial charge in [0.1, 0.15) is 0 Å². The second-order valence-corrected chi connectivity index (χ2v) is 3.44. The summed E-state index contributed by atoms with van der Waals surface area (Å²) in [6.45, 7) is 3.69. The molecule has 0 aromatic heterocycles. The van der Waals surface area contributed by atoms with Gasteiger partial charge in [-0.25, -0.2) is 0 Å². The molecule has 0 saturated heterocycles. The van der Waals surface area contributed by atoms with Crippen LogP contribution < -0.4 is 0 Å². The van der Waals surface area contributed by atoms with Crippen molar-refractivity contribution in [3.05, 3.63) is 37.0 Å². The van der Waals surface area contributed by atoms with Crippen LogP contribution in [0.5, 0.6) is 0 Å². The molecule has 0 aliphatic rings. The molecule has 0 aromatic carbocycles. The number of allylic oxidation sites excluding steroid dienone is 5. The van der Waals surface area contributed by atoms with Gasteiger partial charge in [-0.1, -0.05) is 30.4 Å². The zero-order chi connectivity index (χ0) is 11.2. The van der Waals surface area contributed by atoms with Crippen LogP contribution in [0.4, 0.5) is 0 Å². The SMILES string of the molecule is C=CCCC/C=C/CC/C=C/CCC#N. The van der Waals surface area contributed by atoms with Crippen LogP contribution in [-0.4, -0.2) is 0 Å². The molecule has 0 fully saturated rings. The molecule has 0 spiro atoms. The van der Waals surface area contributed by atoms with Crippen molar-refractivity contribution in [3.8, 4) is 6.07 Å². The first-order valence-electron chi connectivity index (χ1n) is 5.69. The average molecular weight is 203 g/mol. The number of hydrogen-bond acceptors (Lipinski definition) is 1. The van der Waals surface area contributed by atoms with Crippen LogP contribution in [0.2, 0.25) is 0 Å². The first kappa shape index (κ1) is 13.7. The number of hydrogen-bond donors (Lipinski definition) is 0. The van der Waals surface area contributed by atoms with Crippen molar-refractivity contribution in [1.29, 1.82) is 5.26 Å². The third-order valence-corrected chi connectivity index (χ3v) is 2.04. The average Bonchev–Trinajstić information content (AvgIpc) is 2.26. The highest BCUT2D eigenvalue weighted by molar-refractivity contribution is 4.89. The number of unbranched alkanes of at least 4 members (excludes halogenated alkanes) is 4. The maximum absolute atomic E-state index is 8.31. The molecule has 0 saturated carbocycles. The number of nitrogens with zero attached hydrogens (tertiary/aromatic N) is 1. The van der Waals surface area contributed by atoms with Crippen LogP contribution >= 0.6 is 0 Å². The zero-order valence-corrected chi connectivity index (χ0v) is 9.49. The van der Waals surface area contributed by atoms with E-state index in [1.807, 2.05) is 6.08 Å². The van der Waals surface area contributed by atoms with E-state index in [1.165, 1.54) is 6.42 Å². The molecule has 0 amide bonds. The highest BCUT2D eigenvalue weighted by atomic mass is 14.2. The van der Waals surface area contributed by atoms with Gasteiger partial charge in [0.25, 0.3) is 0 Å². The fourth-order valence-corrected chi connectivity index (χ4v) is 1.19. The van der Waals surface area contributed by atoms with Crippen LogP contribution in [0.15, 0.2) is 37.0 Å². The maximum Gasteiger partial charge on any atom is 0.0624 e. The minimum Gasteiger partial charge on any atom is -0.198 e. The van der Waals surface area contributed by atoms with Gasteiger partial charge in [0.15, 0.2) is 0 Å². The molecule has 15 heavy (non-hydrogen) atoms. The Labute approximate surface area is 93.8 Å². The fraction of sp³-hybridized carbons (Fsp3) is 0.500. The third kappa shape index (κ3) is 12.7. The summed E-state index contributed by atoms with van der Waals surface area (Å²) in [4.78, 5) is 0. The number of nitriles is 1. The molecule has 0 heterocycles. The van der Waals surface area contributed by atoms with Gasteiger partial charge in [-0.3, -0.25) is 0 Å². The molecule has 0 radical (unpaired) electrons. The molecule has 0 bridgehead atoms. The van der Waals surface area contributed by atoms with E-state index >= 15 is 0 Å². The van der Waals surface area contributed by atoms with E-state index in [0.29, 0.717) is 6.42 Å². The summed E-state index contributed by atoms with van der Waals surface area (Å²) in [5.41, 5.74) is 0. The summed E-state index contributed by atoms with van der Waals surface area (Å²) >= 11 is 0. The summed E-state index contributed by atoms with van der Waals surface area (Å²) in [7, 11) is 0. The van der Waals surface area contributed by atoms with Gasteiger partial charge in [-0.2, -0.15) is 5.26 Å². The lowest BCUT2D eigenvalue weighted by Gasteiger charge is -1.90. The van der Waals surface area contributed by atoms with E-state index in [2.05, 4.69) is 37.0 Å². The molecule has 0 aromatic rings.